The third-order valence-corrected chi connectivity index (χ3v) is 4.83. The van der Waals surface area contributed by atoms with Crippen LogP contribution in [0.2, 0.25) is 0 Å². The summed E-state index contributed by atoms with van der Waals surface area (Å²) in [5, 5.41) is 37.4. The maximum atomic E-state index is 9.96. The maximum Gasteiger partial charge on any atom is 0.126 e. The second-order valence-corrected chi connectivity index (χ2v) is 6.36. The van der Waals surface area contributed by atoms with E-state index in [2.05, 4.69) is 4.99 Å². The lowest BCUT2D eigenvalue weighted by Crippen LogP contribution is -2.53. The fourth-order valence-corrected chi connectivity index (χ4v) is 3.49. The molecule has 0 bridgehead atoms. The van der Waals surface area contributed by atoms with E-state index in [9.17, 15) is 20.4 Å². The smallest absolute Gasteiger partial charge is 0.126 e. The van der Waals surface area contributed by atoms with Crippen molar-refractivity contribution in [2.24, 2.45) is 10.7 Å². The molecule has 1 aromatic rings. The maximum absolute atomic E-state index is 9.96. The van der Waals surface area contributed by atoms with Gasteiger partial charge in [0.1, 0.15) is 17.6 Å². The van der Waals surface area contributed by atoms with Crippen LogP contribution in [-0.2, 0) is 6.42 Å². The van der Waals surface area contributed by atoms with Gasteiger partial charge in [0.05, 0.1) is 23.8 Å². The van der Waals surface area contributed by atoms with Gasteiger partial charge >= 0.3 is 0 Å². The summed E-state index contributed by atoms with van der Waals surface area (Å²) in [4.78, 5) is 4.22. The number of hydrogen-bond donors (Lipinski definition) is 5. The minimum atomic E-state index is -1.35. The molecule has 7 heteroatoms. The Kier molecular flexibility index (Phi) is 5.60. The zero-order chi connectivity index (χ0) is 15.4. The molecule has 0 saturated carbocycles. The van der Waals surface area contributed by atoms with Crippen molar-refractivity contribution in [1.82, 2.24) is 0 Å². The molecule has 0 amide bonds. The topological polar surface area (TPSA) is 119 Å². The standard InChI is InChI=1S/C14H20N2O4S/c15-10(6-8-4-2-1-3-5-8)16-14-13(20)12(19)11(18)9(7-17)21-14/h1-5,9,11-14,17-20H,6-7H2,(H2,15,16)/t9-,11-,12+,13+,14-/m1/s1. The van der Waals surface area contributed by atoms with Crippen molar-refractivity contribution in [2.45, 2.75) is 35.4 Å². The summed E-state index contributed by atoms with van der Waals surface area (Å²) in [7, 11) is 0. The van der Waals surface area contributed by atoms with Gasteiger partial charge in [0.15, 0.2) is 0 Å². The van der Waals surface area contributed by atoms with Crippen LogP contribution in [0.5, 0.6) is 0 Å². The molecule has 0 radical (unpaired) electrons. The zero-order valence-electron chi connectivity index (χ0n) is 11.4. The summed E-state index contributed by atoms with van der Waals surface area (Å²) in [6.45, 7) is -0.305. The molecule has 0 unspecified atom stereocenters. The minimum Gasteiger partial charge on any atom is -0.395 e. The van der Waals surface area contributed by atoms with Crippen LogP contribution in [0.4, 0.5) is 0 Å². The first-order valence-electron chi connectivity index (χ1n) is 6.69. The summed E-state index contributed by atoms with van der Waals surface area (Å²) < 4.78 is 0. The highest BCUT2D eigenvalue weighted by Gasteiger charge is 2.43. The van der Waals surface area contributed by atoms with E-state index in [1.54, 1.807) is 0 Å². The fourth-order valence-electron chi connectivity index (χ4n) is 2.20. The van der Waals surface area contributed by atoms with E-state index < -0.39 is 28.9 Å². The molecular formula is C14H20N2O4S. The SMILES string of the molecule is N/C(Cc1ccccc1)=N/[C@@H]1S[C@H](CO)[C@@H](O)[C@H](O)[C@@H]1O. The molecule has 116 valence electrons. The highest BCUT2D eigenvalue weighted by atomic mass is 32.2. The highest BCUT2D eigenvalue weighted by molar-refractivity contribution is 8.00. The van der Waals surface area contributed by atoms with Crippen molar-refractivity contribution in [3.05, 3.63) is 35.9 Å². The van der Waals surface area contributed by atoms with Crippen LogP contribution in [0.1, 0.15) is 5.56 Å². The summed E-state index contributed by atoms with van der Waals surface area (Å²) in [6.07, 6.45) is -3.31. The summed E-state index contributed by atoms with van der Waals surface area (Å²) >= 11 is 1.11. The molecule has 0 aromatic heterocycles. The first-order valence-corrected chi connectivity index (χ1v) is 7.63. The van der Waals surface area contributed by atoms with E-state index in [-0.39, 0.29) is 6.61 Å². The number of nitrogens with zero attached hydrogens (tertiary/aromatic N) is 1. The molecule has 0 aliphatic carbocycles. The van der Waals surface area contributed by atoms with Gasteiger partial charge in [-0.25, -0.2) is 0 Å². The molecule has 1 aliphatic rings. The average Bonchev–Trinajstić information content (AvgIpc) is 2.49. The van der Waals surface area contributed by atoms with Gasteiger partial charge in [-0.05, 0) is 5.56 Å². The van der Waals surface area contributed by atoms with Crippen molar-refractivity contribution in [2.75, 3.05) is 6.61 Å². The van der Waals surface area contributed by atoms with E-state index in [1.165, 1.54) is 0 Å². The van der Waals surface area contributed by atoms with E-state index in [0.717, 1.165) is 17.3 Å². The van der Waals surface area contributed by atoms with Gasteiger partial charge in [0.25, 0.3) is 0 Å². The van der Waals surface area contributed by atoms with Gasteiger partial charge in [-0.15, -0.1) is 11.8 Å². The third-order valence-electron chi connectivity index (χ3n) is 3.39. The predicted molar refractivity (Wildman–Crippen MR) is 82.0 cm³/mol. The molecular weight excluding hydrogens is 292 g/mol. The number of rotatable bonds is 4. The molecule has 0 spiro atoms. The van der Waals surface area contributed by atoms with E-state index in [0.29, 0.717) is 12.3 Å². The Morgan fingerprint density at radius 1 is 1.10 bits per heavy atom. The minimum absolute atomic E-state index is 0.305. The number of hydrogen-bond acceptors (Lipinski definition) is 6. The quantitative estimate of drug-likeness (QED) is 0.363. The Balaban J connectivity index is 2.07. The van der Waals surface area contributed by atoms with Crippen molar-refractivity contribution in [1.29, 1.82) is 0 Å². The molecule has 1 aromatic carbocycles. The number of aliphatic hydroxyl groups excluding tert-OH is 4. The number of aliphatic hydroxyl groups is 4. The Hall–Kier alpha value is -1.12. The zero-order valence-corrected chi connectivity index (χ0v) is 12.2. The molecule has 5 atom stereocenters. The second-order valence-electron chi connectivity index (χ2n) is 5.00. The largest absolute Gasteiger partial charge is 0.395 e. The molecule has 21 heavy (non-hydrogen) atoms. The third kappa shape index (κ3) is 3.96. The number of thioether (sulfide) groups is 1. The lowest BCUT2D eigenvalue weighted by Gasteiger charge is -2.37. The Morgan fingerprint density at radius 3 is 2.38 bits per heavy atom. The molecule has 6 N–H and O–H groups in total. The summed E-state index contributed by atoms with van der Waals surface area (Å²) in [5.41, 5.74) is 6.88. The molecule has 1 aliphatic heterocycles. The number of nitrogens with two attached hydrogens (primary N) is 1. The molecule has 6 nitrogen and oxygen atoms in total. The fraction of sp³-hybridized carbons (Fsp3) is 0.500. The normalized spacial score (nSPS) is 33.9. The number of benzene rings is 1. The molecule has 1 heterocycles. The van der Waals surface area contributed by atoms with Gasteiger partial charge < -0.3 is 26.2 Å². The predicted octanol–water partition coefficient (Wildman–Crippen LogP) is -0.897. The molecule has 1 fully saturated rings. The first-order chi connectivity index (χ1) is 10.0. The van der Waals surface area contributed by atoms with Gasteiger partial charge in [0, 0.05) is 6.42 Å². The van der Waals surface area contributed by atoms with Gasteiger partial charge in [0.2, 0.25) is 0 Å². The lowest BCUT2D eigenvalue weighted by atomic mass is 10.0. The van der Waals surface area contributed by atoms with E-state index in [4.69, 9.17) is 5.73 Å². The van der Waals surface area contributed by atoms with Crippen LogP contribution in [0.3, 0.4) is 0 Å². The second kappa shape index (κ2) is 7.24. The van der Waals surface area contributed by atoms with Crippen molar-refractivity contribution < 1.29 is 20.4 Å². The number of amidine groups is 1. The van der Waals surface area contributed by atoms with Crippen molar-refractivity contribution in [3.8, 4) is 0 Å². The number of aliphatic imine (C=N–C) groups is 1. The molecule has 1 saturated heterocycles. The Bertz CT molecular complexity index is 483. The van der Waals surface area contributed by atoms with Gasteiger partial charge in [-0.1, -0.05) is 30.3 Å². The summed E-state index contributed by atoms with van der Waals surface area (Å²) in [5.74, 6) is 0.332. The van der Waals surface area contributed by atoms with Crippen LogP contribution < -0.4 is 5.73 Å². The Morgan fingerprint density at radius 2 is 1.76 bits per heavy atom. The first kappa shape index (κ1) is 16.3. The van der Waals surface area contributed by atoms with Crippen LogP contribution in [0, 0.1) is 0 Å². The van der Waals surface area contributed by atoms with Gasteiger partial charge in [-0.3, -0.25) is 4.99 Å². The van der Waals surface area contributed by atoms with Crippen molar-refractivity contribution >= 4 is 17.6 Å². The van der Waals surface area contributed by atoms with Crippen LogP contribution in [-0.4, -0.2) is 61.8 Å². The van der Waals surface area contributed by atoms with Crippen LogP contribution in [0.15, 0.2) is 35.3 Å². The lowest BCUT2D eigenvalue weighted by molar-refractivity contribution is -0.0688. The van der Waals surface area contributed by atoms with E-state index in [1.807, 2.05) is 30.3 Å². The van der Waals surface area contributed by atoms with Crippen LogP contribution >= 0.6 is 11.8 Å². The van der Waals surface area contributed by atoms with Gasteiger partial charge in [-0.2, -0.15) is 0 Å². The summed E-state index contributed by atoms with van der Waals surface area (Å²) in [6, 6.07) is 9.54. The van der Waals surface area contributed by atoms with E-state index >= 15 is 0 Å². The highest BCUT2D eigenvalue weighted by Crippen LogP contribution is 2.33. The van der Waals surface area contributed by atoms with Crippen LogP contribution in [0.25, 0.3) is 0 Å². The Labute approximate surface area is 127 Å². The monoisotopic (exact) mass is 312 g/mol. The molecule has 2 rings (SSSR count). The van der Waals surface area contributed by atoms with Crippen molar-refractivity contribution in [3.63, 3.8) is 0 Å². The average molecular weight is 312 g/mol.